The molecule has 17 heavy (non-hydrogen) atoms. The zero-order valence-electron chi connectivity index (χ0n) is 10.1. The van der Waals surface area contributed by atoms with E-state index in [2.05, 4.69) is 4.90 Å². The van der Waals surface area contributed by atoms with Gasteiger partial charge in [-0.25, -0.2) is 0 Å². The molecule has 0 amide bonds. The lowest BCUT2D eigenvalue weighted by Crippen LogP contribution is -2.21. The summed E-state index contributed by atoms with van der Waals surface area (Å²) in [5.41, 5.74) is 0.878. The Balaban J connectivity index is 2.04. The number of benzene rings is 1. The van der Waals surface area contributed by atoms with Crippen molar-refractivity contribution in [1.82, 2.24) is 4.90 Å². The molecular formula is C13H19NO3. The first-order valence-corrected chi connectivity index (χ1v) is 5.92. The summed E-state index contributed by atoms with van der Waals surface area (Å²) in [6, 6.07) is 5.54. The van der Waals surface area contributed by atoms with Crippen LogP contribution in [0.5, 0.6) is 11.5 Å². The number of para-hydroxylation sites is 1. The van der Waals surface area contributed by atoms with E-state index in [1.54, 1.807) is 13.2 Å². The lowest BCUT2D eigenvalue weighted by molar-refractivity contribution is 0.219. The van der Waals surface area contributed by atoms with Gasteiger partial charge in [0.15, 0.2) is 11.5 Å². The molecule has 0 aromatic heterocycles. The van der Waals surface area contributed by atoms with Gasteiger partial charge >= 0.3 is 0 Å². The third-order valence-electron chi connectivity index (χ3n) is 3.32. The van der Waals surface area contributed by atoms with Gasteiger partial charge in [-0.05, 0) is 24.9 Å². The van der Waals surface area contributed by atoms with Crippen molar-refractivity contribution in [3.8, 4) is 11.5 Å². The molecule has 0 aliphatic carbocycles. The van der Waals surface area contributed by atoms with E-state index in [0.717, 1.165) is 25.1 Å². The average Bonchev–Trinajstić information content (AvgIpc) is 2.79. The fraction of sp³-hybridized carbons (Fsp3) is 0.538. The highest BCUT2D eigenvalue weighted by atomic mass is 16.5. The summed E-state index contributed by atoms with van der Waals surface area (Å²) in [4.78, 5) is 2.25. The third-order valence-corrected chi connectivity index (χ3v) is 3.32. The quantitative estimate of drug-likeness (QED) is 0.826. The van der Waals surface area contributed by atoms with Gasteiger partial charge in [-0.1, -0.05) is 12.1 Å². The summed E-state index contributed by atoms with van der Waals surface area (Å²) in [6.07, 6.45) is 1.03. The number of nitrogens with zero attached hydrogens (tertiary/aromatic N) is 1. The van der Waals surface area contributed by atoms with Crippen LogP contribution in [0, 0.1) is 5.92 Å². The van der Waals surface area contributed by atoms with Gasteiger partial charge in [0.2, 0.25) is 0 Å². The van der Waals surface area contributed by atoms with Crippen LogP contribution in [0.2, 0.25) is 0 Å². The van der Waals surface area contributed by atoms with Gasteiger partial charge in [0, 0.05) is 25.3 Å². The van der Waals surface area contributed by atoms with Crippen LogP contribution in [0.15, 0.2) is 18.2 Å². The van der Waals surface area contributed by atoms with Gasteiger partial charge in [-0.2, -0.15) is 0 Å². The summed E-state index contributed by atoms with van der Waals surface area (Å²) in [5, 5.41) is 19.1. The SMILES string of the molecule is COc1cccc(CN2CCC(CO)C2)c1O. The normalized spacial score (nSPS) is 20.7. The zero-order valence-corrected chi connectivity index (χ0v) is 10.1. The maximum absolute atomic E-state index is 9.97. The topological polar surface area (TPSA) is 52.9 Å². The van der Waals surface area contributed by atoms with Crippen LogP contribution in [0.3, 0.4) is 0 Å². The van der Waals surface area contributed by atoms with Crippen molar-refractivity contribution >= 4 is 0 Å². The smallest absolute Gasteiger partial charge is 0.162 e. The van der Waals surface area contributed by atoms with Crippen LogP contribution < -0.4 is 4.74 Å². The monoisotopic (exact) mass is 237 g/mol. The van der Waals surface area contributed by atoms with Gasteiger partial charge in [0.1, 0.15) is 0 Å². The van der Waals surface area contributed by atoms with Crippen LogP contribution in [-0.4, -0.2) is 41.9 Å². The predicted octanol–water partition coefficient (Wildman–Crippen LogP) is 1.21. The minimum Gasteiger partial charge on any atom is -0.504 e. The molecule has 1 aliphatic rings. The van der Waals surface area contributed by atoms with Gasteiger partial charge in [0.05, 0.1) is 7.11 Å². The number of rotatable bonds is 4. The van der Waals surface area contributed by atoms with E-state index in [4.69, 9.17) is 9.84 Å². The van der Waals surface area contributed by atoms with Crippen LogP contribution >= 0.6 is 0 Å². The van der Waals surface area contributed by atoms with E-state index in [9.17, 15) is 5.11 Å². The van der Waals surface area contributed by atoms with Gasteiger partial charge in [0.25, 0.3) is 0 Å². The molecule has 0 radical (unpaired) electrons. The van der Waals surface area contributed by atoms with Crippen molar-refractivity contribution in [1.29, 1.82) is 0 Å². The standard InChI is InChI=1S/C13H19NO3/c1-17-12-4-2-3-11(13(12)16)8-14-6-5-10(7-14)9-15/h2-4,10,15-16H,5-9H2,1H3. The fourth-order valence-corrected chi connectivity index (χ4v) is 2.31. The zero-order chi connectivity index (χ0) is 12.3. The number of phenols is 1. The Hall–Kier alpha value is -1.26. The van der Waals surface area contributed by atoms with Gasteiger partial charge < -0.3 is 14.9 Å². The van der Waals surface area contributed by atoms with Gasteiger partial charge in [-0.3, -0.25) is 4.90 Å². The van der Waals surface area contributed by atoms with Crippen LogP contribution in [0.4, 0.5) is 0 Å². The van der Waals surface area contributed by atoms with E-state index >= 15 is 0 Å². The molecule has 1 saturated heterocycles. The summed E-state index contributed by atoms with van der Waals surface area (Å²) < 4.78 is 5.08. The molecule has 4 nitrogen and oxygen atoms in total. The molecule has 94 valence electrons. The molecule has 1 aromatic carbocycles. The van der Waals surface area contributed by atoms with Crippen molar-refractivity contribution in [2.75, 3.05) is 26.8 Å². The van der Waals surface area contributed by atoms with E-state index in [1.807, 2.05) is 12.1 Å². The minimum absolute atomic E-state index is 0.224. The lowest BCUT2D eigenvalue weighted by atomic mass is 10.1. The minimum atomic E-state index is 0.224. The first kappa shape index (κ1) is 12.2. The Morgan fingerprint density at radius 2 is 2.29 bits per heavy atom. The Morgan fingerprint density at radius 1 is 1.47 bits per heavy atom. The maximum Gasteiger partial charge on any atom is 0.162 e. The largest absolute Gasteiger partial charge is 0.504 e. The van der Waals surface area contributed by atoms with Crippen LogP contribution in [0.1, 0.15) is 12.0 Å². The summed E-state index contributed by atoms with van der Waals surface area (Å²) >= 11 is 0. The Kier molecular flexibility index (Phi) is 3.86. The highest BCUT2D eigenvalue weighted by Crippen LogP contribution is 2.31. The molecule has 2 rings (SSSR count). The maximum atomic E-state index is 9.97. The highest BCUT2D eigenvalue weighted by Gasteiger charge is 2.22. The molecule has 1 aromatic rings. The molecule has 0 saturated carbocycles. The number of likely N-dealkylation sites (tertiary alicyclic amines) is 1. The second kappa shape index (κ2) is 5.38. The molecular weight excluding hydrogens is 218 g/mol. The highest BCUT2D eigenvalue weighted by molar-refractivity contribution is 5.45. The Morgan fingerprint density at radius 3 is 2.94 bits per heavy atom. The van der Waals surface area contributed by atoms with E-state index in [1.165, 1.54) is 0 Å². The molecule has 4 heteroatoms. The van der Waals surface area contributed by atoms with Crippen molar-refractivity contribution < 1.29 is 14.9 Å². The molecule has 1 heterocycles. The first-order chi connectivity index (χ1) is 8.24. The number of ether oxygens (including phenoxy) is 1. The van der Waals surface area contributed by atoms with E-state index in [-0.39, 0.29) is 12.4 Å². The number of aliphatic hydroxyl groups excluding tert-OH is 1. The first-order valence-electron chi connectivity index (χ1n) is 5.92. The lowest BCUT2D eigenvalue weighted by Gasteiger charge is -2.17. The Bertz CT molecular complexity index is 381. The molecule has 1 unspecified atom stereocenters. The summed E-state index contributed by atoms with van der Waals surface area (Å²) in [7, 11) is 1.55. The van der Waals surface area contributed by atoms with Crippen molar-refractivity contribution in [2.24, 2.45) is 5.92 Å². The molecule has 0 spiro atoms. The second-order valence-electron chi connectivity index (χ2n) is 4.54. The summed E-state index contributed by atoms with van der Waals surface area (Å²) in [5.74, 6) is 1.12. The molecule has 0 bridgehead atoms. The van der Waals surface area contributed by atoms with Gasteiger partial charge in [-0.15, -0.1) is 0 Å². The van der Waals surface area contributed by atoms with Crippen LogP contribution in [0.25, 0.3) is 0 Å². The molecule has 1 aliphatic heterocycles. The van der Waals surface area contributed by atoms with Crippen molar-refractivity contribution in [3.05, 3.63) is 23.8 Å². The molecule has 1 fully saturated rings. The van der Waals surface area contributed by atoms with Crippen molar-refractivity contribution in [2.45, 2.75) is 13.0 Å². The number of hydrogen-bond acceptors (Lipinski definition) is 4. The fourth-order valence-electron chi connectivity index (χ4n) is 2.31. The van der Waals surface area contributed by atoms with Crippen LogP contribution in [-0.2, 0) is 6.54 Å². The number of aliphatic hydroxyl groups is 1. The second-order valence-corrected chi connectivity index (χ2v) is 4.54. The number of methoxy groups -OCH3 is 1. The Labute approximate surface area is 101 Å². The van der Waals surface area contributed by atoms with E-state index < -0.39 is 0 Å². The summed E-state index contributed by atoms with van der Waals surface area (Å²) in [6.45, 7) is 2.83. The van der Waals surface area contributed by atoms with Crippen molar-refractivity contribution in [3.63, 3.8) is 0 Å². The number of aromatic hydroxyl groups is 1. The predicted molar refractivity (Wildman–Crippen MR) is 65.1 cm³/mol. The number of phenolic OH excluding ortho intramolecular Hbond substituents is 1. The molecule has 1 atom stereocenters. The third kappa shape index (κ3) is 2.70. The van der Waals surface area contributed by atoms with E-state index in [0.29, 0.717) is 18.2 Å². The number of hydrogen-bond donors (Lipinski definition) is 2. The average molecular weight is 237 g/mol. The molecule has 2 N–H and O–H groups in total.